The van der Waals surface area contributed by atoms with Crippen LogP contribution in [0.15, 0.2) is 42.6 Å². The number of aromatic nitrogens is 1. The molecule has 4 nitrogen and oxygen atoms in total. The van der Waals surface area contributed by atoms with Crippen molar-refractivity contribution in [3.05, 3.63) is 53.7 Å². The van der Waals surface area contributed by atoms with Crippen LogP contribution in [0.25, 0.3) is 0 Å². The van der Waals surface area contributed by atoms with E-state index in [0.29, 0.717) is 11.5 Å². The van der Waals surface area contributed by atoms with Crippen LogP contribution in [0.3, 0.4) is 0 Å². The minimum Gasteiger partial charge on any atom is -0.383 e. The van der Waals surface area contributed by atoms with E-state index in [1.807, 2.05) is 24.3 Å². The van der Waals surface area contributed by atoms with Crippen molar-refractivity contribution < 1.29 is 4.79 Å². The third-order valence-electron chi connectivity index (χ3n) is 2.91. The predicted molar refractivity (Wildman–Crippen MR) is 77.1 cm³/mol. The minimum absolute atomic E-state index is 0.237. The van der Waals surface area contributed by atoms with E-state index in [9.17, 15) is 4.79 Å². The summed E-state index contributed by atoms with van der Waals surface area (Å²) in [6, 6.07) is 11.1. The highest BCUT2D eigenvalue weighted by Gasteiger charge is 2.13. The summed E-state index contributed by atoms with van der Waals surface area (Å²) in [4.78, 5) is 16.1. The lowest BCUT2D eigenvalue weighted by atomic mass is 10.0. The van der Waals surface area contributed by atoms with Crippen molar-refractivity contribution in [3.63, 3.8) is 0 Å². The largest absolute Gasteiger partial charge is 0.383 e. The van der Waals surface area contributed by atoms with Crippen molar-refractivity contribution in [3.8, 4) is 0 Å². The molecule has 0 radical (unpaired) electrons. The van der Waals surface area contributed by atoms with Gasteiger partial charge in [0.1, 0.15) is 5.82 Å². The van der Waals surface area contributed by atoms with Gasteiger partial charge in [-0.15, -0.1) is 0 Å². The van der Waals surface area contributed by atoms with E-state index in [4.69, 9.17) is 5.73 Å². The first-order valence-electron chi connectivity index (χ1n) is 6.20. The fourth-order valence-electron chi connectivity index (χ4n) is 1.91. The second kappa shape index (κ2) is 5.52. The molecule has 0 saturated heterocycles. The molecule has 2 rings (SSSR count). The Kier molecular flexibility index (Phi) is 3.80. The Labute approximate surface area is 112 Å². The summed E-state index contributed by atoms with van der Waals surface area (Å²) in [6.07, 6.45) is 1.56. The third-order valence-corrected chi connectivity index (χ3v) is 2.91. The summed E-state index contributed by atoms with van der Waals surface area (Å²) < 4.78 is 0. The topological polar surface area (TPSA) is 68.0 Å². The molecule has 1 amide bonds. The maximum Gasteiger partial charge on any atom is 0.259 e. The molecule has 0 unspecified atom stereocenters. The average Bonchev–Trinajstić information content (AvgIpc) is 2.39. The van der Waals surface area contributed by atoms with Crippen LogP contribution < -0.4 is 11.1 Å². The Morgan fingerprint density at radius 2 is 1.95 bits per heavy atom. The van der Waals surface area contributed by atoms with Gasteiger partial charge in [-0.2, -0.15) is 0 Å². The molecule has 19 heavy (non-hydrogen) atoms. The van der Waals surface area contributed by atoms with Gasteiger partial charge < -0.3 is 11.1 Å². The number of nitrogens with zero attached hydrogens (tertiary/aromatic N) is 1. The molecule has 0 fully saturated rings. The highest BCUT2D eigenvalue weighted by Crippen LogP contribution is 2.24. The molecule has 0 spiro atoms. The maximum absolute atomic E-state index is 12.2. The molecule has 0 aliphatic carbocycles. The lowest BCUT2D eigenvalue weighted by molar-refractivity contribution is 0.102. The van der Waals surface area contributed by atoms with Crippen molar-refractivity contribution >= 4 is 17.4 Å². The molecule has 1 aromatic carbocycles. The number of para-hydroxylation sites is 1. The van der Waals surface area contributed by atoms with Gasteiger partial charge in [0, 0.05) is 11.9 Å². The van der Waals surface area contributed by atoms with Gasteiger partial charge in [0.15, 0.2) is 0 Å². The van der Waals surface area contributed by atoms with Crippen LogP contribution in [0.2, 0.25) is 0 Å². The summed E-state index contributed by atoms with van der Waals surface area (Å²) in [6.45, 7) is 4.17. The van der Waals surface area contributed by atoms with Crippen LogP contribution in [-0.2, 0) is 0 Å². The van der Waals surface area contributed by atoms with E-state index in [0.717, 1.165) is 11.3 Å². The monoisotopic (exact) mass is 255 g/mol. The van der Waals surface area contributed by atoms with Crippen LogP contribution in [0.4, 0.5) is 11.5 Å². The summed E-state index contributed by atoms with van der Waals surface area (Å²) in [7, 11) is 0. The number of nitrogens with one attached hydrogen (secondary N) is 1. The number of carbonyl (C=O) groups is 1. The van der Waals surface area contributed by atoms with E-state index in [2.05, 4.69) is 24.1 Å². The number of carbonyl (C=O) groups excluding carboxylic acids is 1. The van der Waals surface area contributed by atoms with Crippen LogP contribution in [-0.4, -0.2) is 10.9 Å². The summed E-state index contributed by atoms with van der Waals surface area (Å²) in [5.41, 5.74) is 8.00. The Morgan fingerprint density at radius 1 is 1.21 bits per heavy atom. The quantitative estimate of drug-likeness (QED) is 0.885. The summed E-state index contributed by atoms with van der Waals surface area (Å²) in [5.74, 6) is 0.337. The zero-order valence-corrected chi connectivity index (χ0v) is 11.1. The van der Waals surface area contributed by atoms with Crippen molar-refractivity contribution in [1.29, 1.82) is 0 Å². The average molecular weight is 255 g/mol. The van der Waals surface area contributed by atoms with Gasteiger partial charge in [-0.3, -0.25) is 4.79 Å². The van der Waals surface area contributed by atoms with E-state index in [1.165, 1.54) is 0 Å². The van der Waals surface area contributed by atoms with E-state index in [-0.39, 0.29) is 11.7 Å². The lowest BCUT2D eigenvalue weighted by Crippen LogP contribution is -2.16. The first-order valence-corrected chi connectivity index (χ1v) is 6.20. The zero-order valence-electron chi connectivity index (χ0n) is 11.1. The van der Waals surface area contributed by atoms with E-state index in [1.54, 1.807) is 18.3 Å². The van der Waals surface area contributed by atoms with Gasteiger partial charge in [-0.05, 0) is 29.7 Å². The Morgan fingerprint density at radius 3 is 2.63 bits per heavy atom. The third kappa shape index (κ3) is 2.91. The molecule has 0 bridgehead atoms. The van der Waals surface area contributed by atoms with Crippen molar-refractivity contribution in [2.45, 2.75) is 19.8 Å². The van der Waals surface area contributed by atoms with Crippen molar-refractivity contribution in [2.24, 2.45) is 0 Å². The second-order valence-electron chi connectivity index (χ2n) is 4.63. The molecule has 0 aliphatic heterocycles. The van der Waals surface area contributed by atoms with Crippen LogP contribution in [0.5, 0.6) is 0 Å². The highest BCUT2D eigenvalue weighted by atomic mass is 16.1. The molecule has 1 heterocycles. The maximum atomic E-state index is 12.2. The molecule has 4 heteroatoms. The van der Waals surface area contributed by atoms with Crippen molar-refractivity contribution in [1.82, 2.24) is 4.98 Å². The number of nitrogen functional groups attached to an aromatic ring is 1. The number of anilines is 2. The number of amides is 1. The number of nitrogens with two attached hydrogens (primary N) is 1. The molecule has 98 valence electrons. The Balaban J connectivity index is 2.27. The molecular weight excluding hydrogens is 238 g/mol. The minimum atomic E-state index is -0.237. The first kappa shape index (κ1) is 13.1. The van der Waals surface area contributed by atoms with E-state index < -0.39 is 0 Å². The molecule has 3 N–H and O–H groups in total. The van der Waals surface area contributed by atoms with Crippen LogP contribution in [0.1, 0.15) is 35.7 Å². The van der Waals surface area contributed by atoms with Gasteiger partial charge >= 0.3 is 0 Å². The normalized spacial score (nSPS) is 10.5. The predicted octanol–water partition coefficient (Wildman–Crippen LogP) is 3.04. The first-order chi connectivity index (χ1) is 9.09. The Hall–Kier alpha value is -2.36. The number of hydrogen-bond donors (Lipinski definition) is 2. The number of rotatable bonds is 3. The van der Waals surface area contributed by atoms with E-state index >= 15 is 0 Å². The second-order valence-corrected chi connectivity index (χ2v) is 4.63. The smallest absolute Gasteiger partial charge is 0.259 e. The van der Waals surface area contributed by atoms with Gasteiger partial charge in [-0.25, -0.2) is 4.98 Å². The van der Waals surface area contributed by atoms with Crippen LogP contribution >= 0.6 is 0 Å². The van der Waals surface area contributed by atoms with Gasteiger partial charge in [0.05, 0.1) is 5.56 Å². The molecule has 2 aromatic rings. The summed E-state index contributed by atoms with van der Waals surface area (Å²) >= 11 is 0. The highest BCUT2D eigenvalue weighted by molar-refractivity contribution is 6.07. The fraction of sp³-hybridized carbons (Fsp3) is 0.200. The Bertz CT molecular complexity index is 593. The number of pyridine rings is 1. The lowest BCUT2D eigenvalue weighted by Gasteiger charge is -2.14. The van der Waals surface area contributed by atoms with Gasteiger partial charge in [0.25, 0.3) is 5.91 Å². The molecule has 1 aromatic heterocycles. The molecule has 0 aliphatic rings. The summed E-state index contributed by atoms with van der Waals surface area (Å²) in [5, 5.41) is 2.89. The molecule has 0 saturated carbocycles. The molecule has 0 atom stereocenters. The van der Waals surface area contributed by atoms with Crippen molar-refractivity contribution in [2.75, 3.05) is 11.1 Å². The van der Waals surface area contributed by atoms with Crippen LogP contribution in [0, 0.1) is 0 Å². The number of hydrogen-bond acceptors (Lipinski definition) is 3. The SMILES string of the molecule is CC(C)c1ccccc1NC(=O)c1cccnc1N. The van der Waals surface area contributed by atoms with Gasteiger partial charge in [-0.1, -0.05) is 32.0 Å². The zero-order chi connectivity index (χ0) is 13.8. The fourth-order valence-corrected chi connectivity index (χ4v) is 1.91. The van der Waals surface area contributed by atoms with Gasteiger partial charge in [0.2, 0.25) is 0 Å². The molecular formula is C15H17N3O. The number of benzene rings is 1. The standard InChI is InChI=1S/C15H17N3O/c1-10(2)11-6-3-4-8-13(11)18-15(19)12-7-5-9-17-14(12)16/h3-10H,1-2H3,(H2,16,17)(H,18,19).